The van der Waals surface area contributed by atoms with Gasteiger partial charge in [0.1, 0.15) is 0 Å². The summed E-state index contributed by atoms with van der Waals surface area (Å²) < 4.78 is 0. The summed E-state index contributed by atoms with van der Waals surface area (Å²) in [5.74, 6) is 0. The van der Waals surface area contributed by atoms with E-state index < -0.39 is 0 Å². The van der Waals surface area contributed by atoms with Gasteiger partial charge in [-0.3, -0.25) is 4.98 Å². The second-order valence-corrected chi connectivity index (χ2v) is 5.45. The zero-order valence-corrected chi connectivity index (χ0v) is 13.0. The number of hydrogen-bond donors (Lipinski definition) is 0. The van der Waals surface area contributed by atoms with E-state index in [1.165, 1.54) is 22.3 Å². The maximum Gasteiger partial charge on any atom is 0.0713 e. The summed E-state index contributed by atoms with van der Waals surface area (Å²) in [6.45, 7) is 4.17. The first-order valence-electron chi connectivity index (χ1n) is 7.51. The molecule has 0 radical (unpaired) electrons. The van der Waals surface area contributed by atoms with Crippen molar-refractivity contribution in [2.45, 2.75) is 13.8 Å². The molecule has 0 aliphatic heterocycles. The highest BCUT2D eigenvalue weighted by Gasteiger charge is 2.07. The van der Waals surface area contributed by atoms with E-state index in [1.54, 1.807) is 0 Å². The van der Waals surface area contributed by atoms with Gasteiger partial charge in [-0.15, -0.1) is 0 Å². The van der Waals surface area contributed by atoms with Crippen LogP contribution < -0.4 is 0 Å². The van der Waals surface area contributed by atoms with Crippen LogP contribution in [0.1, 0.15) is 22.4 Å². The first-order chi connectivity index (χ1) is 10.7. The molecule has 0 aliphatic rings. The minimum atomic E-state index is 1.03. The zero-order chi connectivity index (χ0) is 15.4. The maximum atomic E-state index is 4.69. The highest BCUT2D eigenvalue weighted by atomic mass is 14.7. The number of aromatic nitrogens is 1. The van der Waals surface area contributed by atoms with Crippen molar-refractivity contribution < 1.29 is 0 Å². The van der Waals surface area contributed by atoms with Crippen molar-refractivity contribution in [3.8, 4) is 11.3 Å². The molecule has 108 valence electrons. The third-order valence-corrected chi connectivity index (χ3v) is 3.70. The minimum absolute atomic E-state index is 1.03. The lowest BCUT2D eigenvalue weighted by atomic mass is 9.97. The Hall–Kier alpha value is -2.67. The quantitative estimate of drug-likeness (QED) is 0.576. The van der Waals surface area contributed by atoms with Crippen LogP contribution in [0.5, 0.6) is 0 Å². The Kier molecular flexibility index (Phi) is 4.15. The lowest BCUT2D eigenvalue weighted by Gasteiger charge is -2.10. The normalized spacial score (nSPS) is 11.0. The van der Waals surface area contributed by atoms with Gasteiger partial charge in [0.05, 0.1) is 5.69 Å². The Bertz CT molecular complexity index is 801. The molecule has 0 saturated heterocycles. The molecule has 0 aliphatic carbocycles. The summed E-state index contributed by atoms with van der Waals surface area (Å²) in [6.07, 6.45) is 4.32. The largest absolute Gasteiger partial charge is 0.253 e. The Morgan fingerprint density at radius 2 is 1.50 bits per heavy atom. The maximum absolute atomic E-state index is 4.69. The fraction of sp³-hybridized carbons (Fsp3) is 0.0952. The highest BCUT2D eigenvalue weighted by Crippen LogP contribution is 2.27. The van der Waals surface area contributed by atoms with Crippen molar-refractivity contribution in [3.05, 3.63) is 89.1 Å². The second-order valence-electron chi connectivity index (χ2n) is 5.45. The molecule has 0 bridgehead atoms. The van der Waals surface area contributed by atoms with E-state index >= 15 is 0 Å². The van der Waals surface area contributed by atoms with E-state index in [0.717, 1.165) is 11.4 Å². The lowest BCUT2D eigenvalue weighted by molar-refractivity contribution is 1.20. The van der Waals surface area contributed by atoms with Crippen LogP contribution >= 0.6 is 0 Å². The van der Waals surface area contributed by atoms with E-state index in [9.17, 15) is 0 Å². The van der Waals surface area contributed by atoms with Crippen LogP contribution in [0.15, 0.2) is 66.7 Å². The van der Waals surface area contributed by atoms with Gasteiger partial charge in [-0.25, -0.2) is 0 Å². The number of pyridine rings is 1. The Balaban J connectivity index is 2.06. The SMILES string of the molecule is Cc1cccc(-c2c(C)cccc2/C=C/c2ccccc2)n1. The number of rotatable bonds is 3. The van der Waals surface area contributed by atoms with Crippen LogP contribution in [-0.2, 0) is 0 Å². The highest BCUT2D eigenvalue weighted by molar-refractivity contribution is 5.81. The van der Waals surface area contributed by atoms with Gasteiger partial charge in [0.15, 0.2) is 0 Å². The molecule has 1 heterocycles. The standard InChI is InChI=1S/C21H19N/c1-16-8-6-12-19(15-14-18-10-4-3-5-11-18)21(16)20-13-7-9-17(2)22-20/h3-15H,1-2H3/b15-14+. The van der Waals surface area contributed by atoms with Crippen molar-refractivity contribution in [2.75, 3.05) is 0 Å². The average Bonchev–Trinajstić information content (AvgIpc) is 2.54. The molecule has 3 aromatic rings. The van der Waals surface area contributed by atoms with Crippen molar-refractivity contribution in [2.24, 2.45) is 0 Å². The number of nitrogens with zero attached hydrogens (tertiary/aromatic N) is 1. The summed E-state index contributed by atoms with van der Waals surface area (Å²) in [5, 5.41) is 0. The van der Waals surface area contributed by atoms with Gasteiger partial charge in [-0.2, -0.15) is 0 Å². The summed E-state index contributed by atoms with van der Waals surface area (Å²) >= 11 is 0. The third kappa shape index (κ3) is 3.15. The van der Waals surface area contributed by atoms with Crippen LogP contribution in [-0.4, -0.2) is 4.98 Å². The molecule has 0 unspecified atom stereocenters. The molecule has 0 atom stereocenters. The van der Waals surface area contributed by atoms with Crippen LogP contribution in [0.2, 0.25) is 0 Å². The molecule has 1 nitrogen and oxygen atoms in total. The van der Waals surface area contributed by atoms with Gasteiger partial charge < -0.3 is 0 Å². The van der Waals surface area contributed by atoms with Gasteiger partial charge in [-0.1, -0.05) is 66.7 Å². The molecule has 2 aromatic carbocycles. The monoisotopic (exact) mass is 285 g/mol. The van der Waals surface area contributed by atoms with Crippen molar-refractivity contribution in [1.82, 2.24) is 4.98 Å². The number of aryl methyl sites for hydroxylation is 2. The molecule has 0 N–H and O–H groups in total. The first-order valence-corrected chi connectivity index (χ1v) is 7.51. The Labute approximate surface area is 132 Å². The molecule has 1 aromatic heterocycles. The smallest absolute Gasteiger partial charge is 0.0713 e. The summed E-state index contributed by atoms with van der Waals surface area (Å²) in [5.41, 5.74) is 6.92. The molecular formula is C21H19N. The van der Waals surface area contributed by atoms with Gasteiger partial charge >= 0.3 is 0 Å². The van der Waals surface area contributed by atoms with E-state index in [2.05, 4.69) is 78.7 Å². The topological polar surface area (TPSA) is 12.9 Å². The van der Waals surface area contributed by atoms with Crippen molar-refractivity contribution in [3.63, 3.8) is 0 Å². The summed E-state index contributed by atoms with van der Waals surface area (Å²) in [6, 6.07) is 22.9. The second kappa shape index (κ2) is 6.40. The fourth-order valence-electron chi connectivity index (χ4n) is 2.61. The predicted octanol–water partition coefficient (Wildman–Crippen LogP) is 5.54. The molecule has 3 rings (SSSR count). The van der Waals surface area contributed by atoms with Crippen LogP contribution in [0.3, 0.4) is 0 Å². The number of benzene rings is 2. The van der Waals surface area contributed by atoms with Crippen LogP contribution in [0.25, 0.3) is 23.4 Å². The predicted molar refractivity (Wildman–Crippen MR) is 94.5 cm³/mol. The summed E-state index contributed by atoms with van der Waals surface area (Å²) in [4.78, 5) is 4.69. The Morgan fingerprint density at radius 1 is 0.727 bits per heavy atom. The molecule has 0 fully saturated rings. The van der Waals surface area contributed by atoms with Gasteiger partial charge in [-0.05, 0) is 42.7 Å². The fourth-order valence-corrected chi connectivity index (χ4v) is 2.61. The van der Waals surface area contributed by atoms with E-state index in [-0.39, 0.29) is 0 Å². The van der Waals surface area contributed by atoms with Gasteiger partial charge in [0.2, 0.25) is 0 Å². The molecule has 0 spiro atoms. The van der Waals surface area contributed by atoms with Crippen LogP contribution in [0.4, 0.5) is 0 Å². The molecule has 22 heavy (non-hydrogen) atoms. The van der Waals surface area contributed by atoms with Crippen molar-refractivity contribution in [1.29, 1.82) is 0 Å². The third-order valence-electron chi connectivity index (χ3n) is 3.70. The average molecular weight is 285 g/mol. The molecule has 0 amide bonds. The zero-order valence-electron chi connectivity index (χ0n) is 13.0. The Morgan fingerprint density at radius 3 is 2.27 bits per heavy atom. The first kappa shape index (κ1) is 14.3. The molecule has 0 saturated carbocycles. The number of hydrogen-bond acceptors (Lipinski definition) is 1. The molecular weight excluding hydrogens is 266 g/mol. The minimum Gasteiger partial charge on any atom is -0.253 e. The molecule has 1 heteroatoms. The summed E-state index contributed by atoms with van der Waals surface area (Å²) in [7, 11) is 0. The lowest BCUT2D eigenvalue weighted by Crippen LogP contribution is -1.92. The van der Waals surface area contributed by atoms with Crippen molar-refractivity contribution >= 4 is 12.2 Å². The van der Waals surface area contributed by atoms with Crippen LogP contribution in [0, 0.1) is 13.8 Å². The van der Waals surface area contributed by atoms with Gasteiger partial charge in [0.25, 0.3) is 0 Å². The van der Waals surface area contributed by atoms with Gasteiger partial charge in [0, 0.05) is 11.3 Å². The van der Waals surface area contributed by atoms with E-state index in [4.69, 9.17) is 0 Å². The van der Waals surface area contributed by atoms with E-state index in [0.29, 0.717) is 0 Å². The van der Waals surface area contributed by atoms with E-state index in [1.807, 2.05) is 19.1 Å².